The molecule has 3 rings (SSSR count). The molecule has 1 aromatic heterocycles. The summed E-state index contributed by atoms with van der Waals surface area (Å²) in [4.78, 5) is 25.1. The summed E-state index contributed by atoms with van der Waals surface area (Å²) in [5.74, 6) is 0.0215. The highest BCUT2D eigenvalue weighted by Gasteiger charge is 2.26. The number of carbonyl (C=O) groups is 2. The summed E-state index contributed by atoms with van der Waals surface area (Å²) in [6.07, 6.45) is 3.99. The molecule has 25 heavy (non-hydrogen) atoms. The van der Waals surface area contributed by atoms with E-state index in [0.717, 1.165) is 30.4 Å². The second kappa shape index (κ2) is 7.00. The third-order valence-electron chi connectivity index (χ3n) is 4.58. The van der Waals surface area contributed by atoms with Crippen LogP contribution in [-0.2, 0) is 16.1 Å². The van der Waals surface area contributed by atoms with Gasteiger partial charge in [0.05, 0.1) is 6.10 Å². The lowest BCUT2D eigenvalue weighted by Crippen LogP contribution is -2.34. The van der Waals surface area contributed by atoms with Gasteiger partial charge in [0.25, 0.3) is 0 Å². The van der Waals surface area contributed by atoms with Gasteiger partial charge in [-0.2, -0.15) is 0 Å². The molecule has 1 N–H and O–H groups in total. The highest BCUT2D eigenvalue weighted by molar-refractivity contribution is 6.10. The van der Waals surface area contributed by atoms with Crippen LogP contribution in [0.3, 0.4) is 0 Å². The molecule has 5 heteroatoms. The first kappa shape index (κ1) is 17.7. The maximum atomic E-state index is 12.7. The van der Waals surface area contributed by atoms with Crippen molar-refractivity contribution in [2.45, 2.75) is 46.3 Å². The number of fused-ring (bicyclic) bond motifs is 1. The van der Waals surface area contributed by atoms with Crippen LogP contribution in [0.25, 0.3) is 10.9 Å². The number of para-hydroxylation sites is 1. The van der Waals surface area contributed by atoms with Crippen LogP contribution in [0.5, 0.6) is 0 Å². The Bertz CT molecular complexity index is 780. The number of nitrogens with zero attached hydrogens (tertiary/aromatic N) is 1. The zero-order chi connectivity index (χ0) is 18.0. The van der Waals surface area contributed by atoms with Crippen molar-refractivity contribution in [1.82, 2.24) is 9.88 Å². The largest absolute Gasteiger partial charge is 0.376 e. The number of benzene rings is 1. The Morgan fingerprint density at radius 1 is 1.28 bits per heavy atom. The number of Topliss-reactive ketones (excluding diaryl/α,β-unsaturated/α-hetero) is 1. The minimum absolute atomic E-state index is 0.0639. The van der Waals surface area contributed by atoms with Crippen LogP contribution in [0.4, 0.5) is 0 Å². The third-order valence-corrected chi connectivity index (χ3v) is 4.58. The number of amides is 1. The summed E-state index contributed by atoms with van der Waals surface area (Å²) < 4.78 is 7.39. The smallest absolute Gasteiger partial charge is 0.240 e. The van der Waals surface area contributed by atoms with Gasteiger partial charge in [0.15, 0.2) is 5.78 Å². The lowest BCUT2D eigenvalue weighted by atomic mass is 9.86. The number of nitrogens with one attached hydrogen (secondary N) is 1. The molecule has 0 bridgehead atoms. The number of carbonyl (C=O) groups excluding carboxylic acids is 2. The van der Waals surface area contributed by atoms with Crippen molar-refractivity contribution in [2.75, 3.05) is 13.2 Å². The lowest BCUT2D eigenvalue weighted by molar-refractivity contribution is -0.122. The van der Waals surface area contributed by atoms with Crippen LogP contribution >= 0.6 is 0 Å². The fourth-order valence-corrected chi connectivity index (χ4v) is 3.21. The fourth-order valence-electron chi connectivity index (χ4n) is 3.21. The minimum Gasteiger partial charge on any atom is -0.376 e. The number of hydrogen-bond acceptors (Lipinski definition) is 3. The van der Waals surface area contributed by atoms with Crippen LogP contribution < -0.4 is 5.32 Å². The van der Waals surface area contributed by atoms with Gasteiger partial charge >= 0.3 is 0 Å². The minimum atomic E-state index is -0.461. The maximum Gasteiger partial charge on any atom is 0.240 e. The Morgan fingerprint density at radius 2 is 2.04 bits per heavy atom. The average molecular weight is 342 g/mol. The van der Waals surface area contributed by atoms with Gasteiger partial charge < -0.3 is 14.6 Å². The van der Waals surface area contributed by atoms with E-state index in [0.29, 0.717) is 12.1 Å². The van der Waals surface area contributed by atoms with Crippen molar-refractivity contribution in [3.63, 3.8) is 0 Å². The van der Waals surface area contributed by atoms with E-state index in [1.807, 2.05) is 55.8 Å². The van der Waals surface area contributed by atoms with E-state index in [2.05, 4.69) is 5.32 Å². The summed E-state index contributed by atoms with van der Waals surface area (Å²) in [5, 5.41) is 3.83. The molecule has 1 amide bonds. The zero-order valence-corrected chi connectivity index (χ0v) is 15.2. The Hall–Kier alpha value is -2.14. The molecule has 134 valence electrons. The first-order chi connectivity index (χ1) is 11.9. The van der Waals surface area contributed by atoms with Crippen molar-refractivity contribution in [2.24, 2.45) is 5.41 Å². The van der Waals surface area contributed by atoms with Gasteiger partial charge in [0.2, 0.25) is 5.91 Å². The molecule has 1 aromatic carbocycles. The molecule has 5 nitrogen and oxygen atoms in total. The first-order valence-electron chi connectivity index (χ1n) is 8.87. The Labute approximate surface area is 148 Å². The number of aromatic nitrogens is 1. The zero-order valence-electron chi connectivity index (χ0n) is 15.2. The Balaban J connectivity index is 1.79. The van der Waals surface area contributed by atoms with E-state index in [1.54, 1.807) is 0 Å². The van der Waals surface area contributed by atoms with Crippen molar-refractivity contribution < 1.29 is 14.3 Å². The molecule has 0 spiro atoms. The van der Waals surface area contributed by atoms with Gasteiger partial charge in [-0.1, -0.05) is 39.0 Å². The first-order valence-corrected chi connectivity index (χ1v) is 8.87. The van der Waals surface area contributed by atoms with Gasteiger partial charge in [-0.05, 0) is 18.9 Å². The second-order valence-electron chi connectivity index (χ2n) is 7.71. The van der Waals surface area contributed by atoms with Crippen LogP contribution in [0.15, 0.2) is 30.5 Å². The molecular formula is C20H26N2O3. The van der Waals surface area contributed by atoms with Crippen LogP contribution in [0, 0.1) is 5.41 Å². The van der Waals surface area contributed by atoms with Crippen LogP contribution in [0.1, 0.15) is 44.0 Å². The van der Waals surface area contributed by atoms with Crippen molar-refractivity contribution in [1.29, 1.82) is 0 Å². The van der Waals surface area contributed by atoms with E-state index >= 15 is 0 Å². The molecule has 1 atom stereocenters. The molecular weight excluding hydrogens is 316 g/mol. The fraction of sp³-hybridized carbons (Fsp3) is 0.500. The summed E-state index contributed by atoms with van der Waals surface area (Å²) >= 11 is 0. The monoisotopic (exact) mass is 342 g/mol. The molecule has 0 aliphatic carbocycles. The molecule has 1 aliphatic rings. The van der Waals surface area contributed by atoms with E-state index in [-0.39, 0.29) is 24.3 Å². The molecule has 2 aromatic rings. The Morgan fingerprint density at radius 3 is 2.72 bits per heavy atom. The number of rotatable bonds is 5. The van der Waals surface area contributed by atoms with E-state index in [4.69, 9.17) is 4.74 Å². The van der Waals surface area contributed by atoms with E-state index in [9.17, 15) is 9.59 Å². The van der Waals surface area contributed by atoms with Crippen molar-refractivity contribution >= 4 is 22.6 Å². The summed E-state index contributed by atoms with van der Waals surface area (Å²) in [5.41, 5.74) is 1.12. The van der Waals surface area contributed by atoms with Gasteiger partial charge in [-0.15, -0.1) is 0 Å². The summed E-state index contributed by atoms with van der Waals surface area (Å²) in [6, 6.07) is 7.73. The van der Waals surface area contributed by atoms with Gasteiger partial charge in [-0.25, -0.2) is 0 Å². The second-order valence-corrected chi connectivity index (χ2v) is 7.71. The van der Waals surface area contributed by atoms with E-state index < -0.39 is 5.41 Å². The summed E-state index contributed by atoms with van der Waals surface area (Å²) in [6.45, 7) is 7.26. The number of ether oxygens (including phenoxy) is 1. The van der Waals surface area contributed by atoms with Crippen LogP contribution in [0.2, 0.25) is 0 Å². The predicted octanol–water partition coefficient (Wildman–Crippen LogP) is 3.17. The predicted molar refractivity (Wildman–Crippen MR) is 97.7 cm³/mol. The van der Waals surface area contributed by atoms with Crippen molar-refractivity contribution in [3.8, 4) is 0 Å². The molecule has 1 aliphatic heterocycles. The standard InChI is InChI=1S/C20H26N2O3/c1-20(2,3)19(24)16-12-22(17-9-5-4-8-15(16)17)13-18(23)21-11-14-7-6-10-25-14/h4-5,8-9,12,14H,6-7,10-11,13H2,1-3H3,(H,21,23). The molecule has 0 radical (unpaired) electrons. The SMILES string of the molecule is CC(C)(C)C(=O)c1cn(CC(=O)NCC2CCCO2)c2ccccc12. The maximum absolute atomic E-state index is 12.7. The topological polar surface area (TPSA) is 60.3 Å². The van der Waals surface area contributed by atoms with Crippen LogP contribution in [-0.4, -0.2) is 35.5 Å². The van der Waals surface area contributed by atoms with Gasteiger partial charge in [0.1, 0.15) is 6.54 Å². The highest BCUT2D eigenvalue weighted by Crippen LogP contribution is 2.28. The molecule has 1 unspecified atom stereocenters. The third kappa shape index (κ3) is 3.93. The molecule has 2 heterocycles. The number of hydrogen-bond donors (Lipinski definition) is 1. The van der Waals surface area contributed by atoms with Crippen molar-refractivity contribution in [3.05, 3.63) is 36.0 Å². The number of ketones is 1. The van der Waals surface area contributed by atoms with E-state index in [1.165, 1.54) is 0 Å². The quantitative estimate of drug-likeness (QED) is 0.849. The van der Waals surface area contributed by atoms with Gasteiger partial charge in [-0.3, -0.25) is 9.59 Å². The molecule has 0 saturated carbocycles. The van der Waals surface area contributed by atoms with Gasteiger partial charge in [0, 0.05) is 41.2 Å². The Kier molecular flexibility index (Phi) is 4.95. The molecule has 1 saturated heterocycles. The molecule has 1 fully saturated rings. The lowest BCUT2D eigenvalue weighted by Gasteiger charge is -2.15. The highest BCUT2D eigenvalue weighted by atomic mass is 16.5. The summed E-state index contributed by atoms with van der Waals surface area (Å²) in [7, 11) is 0. The normalized spacial score (nSPS) is 17.8. The average Bonchev–Trinajstić information content (AvgIpc) is 3.20.